The van der Waals surface area contributed by atoms with E-state index in [2.05, 4.69) is 93.0 Å². The molecule has 0 unspecified atom stereocenters. The molecule has 0 saturated heterocycles. The Morgan fingerprint density at radius 2 is 0.949 bits per heavy atom. The maximum absolute atomic E-state index is 14.4. The standard InChI is InChI=1S/C87H109N13O14S2Si2/c1-50(2)41-64(66(101)35-36-74(103)93-62(81(88)106)25-19-21-39-90-84(109)67-47-60(79(115-67)86(111)112)77-56-31-27-52(97(4)5)43-69(56)117(12,13)70-44-53(98(6)7)28-32-57(70)77)96-83(108)65(42-51-23-17-16-18-24-51)95-76(105)49-92-82(107)63(94-75(104)38-37-73(102)89-3)26-20-22-40-91-85(110)68-48-61(80(116-68)87(113)114)78-58-33-29-54(99(8)9)45-71(58)118(14,15)72-46-55(100(10)11)30-34-59(72)78/h16-18,23-24,27-34,43-48,50,62-65H,19-22,25-26,35-42,49H2,1-15H3,(H10-2,88,89,90,91,92,93,94,95,96,102,103,104,105,106,107,108,109,110,111,112,113,114)/p+2/t62-,63-,64-,65-/m1/s1. The summed E-state index contributed by atoms with van der Waals surface area (Å²) in [5, 5.41) is 47.5. The number of benzene rings is 3. The summed E-state index contributed by atoms with van der Waals surface area (Å²) in [6.07, 6.45) is 12.8. The predicted molar refractivity (Wildman–Crippen MR) is 468 cm³/mol. The number of ketones is 1. The molecule has 9 amide bonds. The zero-order chi connectivity index (χ0) is 86.4. The number of carboxylic acids is 2. The Hall–Kier alpha value is -11.3. The van der Waals surface area contributed by atoms with Gasteiger partial charge in [0.15, 0.2) is 17.2 Å². The summed E-state index contributed by atoms with van der Waals surface area (Å²) in [7, 11) is 12.5. The van der Waals surface area contributed by atoms with Gasteiger partial charge in [0, 0.05) is 127 Å². The van der Waals surface area contributed by atoms with Gasteiger partial charge in [-0.25, -0.2) is 18.7 Å². The van der Waals surface area contributed by atoms with Crippen molar-refractivity contribution in [3.63, 3.8) is 0 Å². The molecule has 2 aromatic heterocycles. The van der Waals surface area contributed by atoms with Crippen molar-refractivity contribution in [3.05, 3.63) is 184 Å². The van der Waals surface area contributed by atoms with Crippen LogP contribution >= 0.6 is 22.7 Å². The molecule has 12 N–H and O–H groups in total. The third-order valence-corrected chi connectivity index (χ3v) is 30.9. The largest absolute Gasteiger partial charge is 0.477 e. The molecule has 4 atom stereocenters. The first-order valence-corrected chi connectivity index (χ1v) is 47.3. The lowest BCUT2D eigenvalue weighted by Crippen LogP contribution is -2.55. The van der Waals surface area contributed by atoms with Crippen LogP contribution in [0.5, 0.6) is 0 Å². The van der Waals surface area contributed by atoms with Gasteiger partial charge in [0.05, 0.1) is 22.3 Å². The van der Waals surface area contributed by atoms with Gasteiger partial charge in [-0.1, -0.05) is 82.5 Å². The van der Waals surface area contributed by atoms with E-state index < -0.39 is 118 Å². The van der Waals surface area contributed by atoms with Crippen LogP contribution in [0, 0.1) is 5.92 Å². The van der Waals surface area contributed by atoms with Crippen molar-refractivity contribution in [1.82, 2.24) is 42.5 Å². The highest BCUT2D eigenvalue weighted by Gasteiger charge is 2.44. The minimum Gasteiger partial charge on any atom is -0.477 e. The monoisotopic (exact) mass is 1680 g/mol. The molecule has 0 bridgehead atoms. The van der Waals surface area contributed by atoms with E-state index in [1.54, 1.807) is 42.5 Å². The SMILES string of the molecule is CNC(=O)CCC(=O)N[C@H](CCCCNC(=O)c1cc(C2=C3C=CC(=[N+](C)C)C=C3[Si](C)(C)c3cc(N(C)C)ccc32)c(C(=O)O)s1)C(=O)NCC(=O)N[C@H](Cc1ccccc1)C(=O)N[C@H](CC(C)C)C(=O)CCC(=O)N[C@H](CCCCNC(=O)c1cc(C2=C3C=CC(=[N+](C)C)C=C3[Si](C)(C)c3cc(N(C)C)ccc32)c(C(=O)O)s1)C(N)=O. The van der Waals surface area contributed by atoms with Gasteiger partial charge in [0.1, 0.15) is 72.2 Å². The summed E-state index contributed by atoms with van der Waals surface area (Å²) >= 11 is 1.77. The number of carbonyl (C=O) groups excluding carboxylic acids is 10. The summed E-state index contributed by atoms with van der Waals surface area (Å²) in [6.45, 7) is 12.4. The van der Waals surface area contributed by atoms with Crippen LogP contribution in [0.4, 0.5) is 11.4 Å². The summed E-state index contributed by atoms with van der Waals surface area (Å²) in [5.41, 5.74) is 16.5. The number of carboxylic acid groups (broad SMARTS) is 2. The number of thiophene rings is 2. The van der Waals surface area contributed by atoms with Crippen LogP contribution in [0.2, 0.25) is 26.2 Å². The maximum Gasteiger partial charge on any atom is 0.346 e. The maximum atomic E-state index is 14.4. The van der Waals surface area contributed by atoms with E-state index in [4.69, 9.17) is 5.73 Å². The number of Topliss-reactive ketones (excluding diaryl/α,β-unsaturated/α-hetero) is 1. The average Bonchev–Trinajstić information content (AvgIpc) is 1.13. The molecular formula is C87H111N13O14S2Si2+2. The number of aromatic carboxylic acids is 2. The first-order chi connectivity index (χ1) is 55.8. The molecule has 2 aliphatic carbocycles. The highest BCUT2D eigenvalue weighted by Crippen LogP contribution is 2.47. The van der Waals surface area contributed by atoms with Crippen LogP contribution in [-0.4, -0.2) is 225 Å². The molecule has 0 spiro atoms. The molecule has 9 rings (SSSR count). The smallest absolute Gasteiger partial charge is 0.346 e. The van der Waals surface area contributed by atoms with Gasteiger partial charge in [0.2, 0.25) is 41.4 Å². The van der Waals surface area contributed by atoms with Crippen LogP contribution in [0.15, 0.2) is 137 Å². The average molecular weight is 1680 g/mol. The Bertz CT molecular complexity index is 5070. The van der Waals surface area contributed by atoms with Gasteiger partial charge < -0.3 is 68.3 Å². The lowest BCUT2D eigenvalue weighted by Gasteiger charge is -2.38. The number of nitrogens with two attached hydrogens (primary N) is 1. The number of allylic oxidation sites excluding steroid dienone is 10. The van der Waals surface area contributed by atoms with Gasteiger partial charge in [0.25, 0.3) is 11.8 Å². The molecule has 0 fully saturated rings. The van der Waals surface area contributed by atoms with E-state index in [1.165, 1.54) is 7.05 Å². The number of amides is 9. The number of nitrogens with zero attached hydrogens (tertiary/aromatic N) is 4. The van der Waals surface area contributed by atoms with Crippen molar-refractivity contribution in [2.45, 2.75) is 141 Å². The Labute approximate surface area is 699 Å². The number of anilines is 2. The van der Waals surface area contributed by atoms with Crippen LogP contribution in [0.3, 0.4) is 0 Å². The molecule has 0 radical (unpaired) electrons. The van der Waals surface area contributed by atoms with Crippen LogP contribution in [-0.2, 0) is 44.8 Å². The van der Waals surface area contributed by atoms with Gasteiger partial charge in [-0.15, -0.1) is 22.7 Å². The van der Waals surface area contributed by atoms with E-state index in [-0.39, 0.29) is 96.3 Å². The topological polar surface area (TPSA) is 380 Å². The number of nitrogens with one attached hydrogen (secondary N) is 8. The Morgan fingerprint density at radius 3 is 1.39 bits per heavy atom. The fourth-order valence-corrected chi connectivity index (χ4v) is 23.0. The lowest BCUT2D eigenvalue weighted by atomic mass is 9.89. The fourth-order valence-electron chi connectivity index (χ4n) is 15.0. The van der Waals surface area contributed by atoms with Gasteiger partial charge in [-0.3, -0.25) is 47.9 Å². The van der Waals surface area contributed by atoms with Crippen LogP contribution < -0.4 is 68.4 Å². The Morgan fingerprint density at radius 1 is 0.500 bits per heavy atom. The molecule has 3 aromatic carbocycles. The van der Waals surface area contributed by atoms with Crippen LogP contribution in [0.1, 0.15) is 151 Å². The molecule has 31 heteroatoms. The van der Waals surface area contributed by atoms with Gasteiger partial charge in [-0.05, 0) is 159 Å². The molecule has 5 aromatic rings. The summed E-state index contributed by atoms with van der Waals surface area (Å²) in [4.78, 5) is 167. The van der Waals surface area contributed by atoms with Crippen molar-refractivity contribution < 1.29 is 76.9 Å². The summed E-state index contributed by atoms with van der Waals surface area (Å²) in [5.74, 6) is -8.79. The molecule has 2 aliphatic heterocycles. The molecule has 118 heavy (non-hydrogen) atoms. The second-order valence-electron chi connectivity index (χ2n) is 32.3. The fraction of sp³-hybridized carbons (Fsp3) is 0.402. The zero-order valence-electron chi connectivity index (χ0n) is 69.9. The van der Waals surface area contributed by atoms with Crippen molar-refractivity contribution in [1.29, 1.82) is 0 Å². The molecule has 4 aliphatic rings. The minimum atomic E-state index is -2.39. The summed E-state index contributed by atoms with van der Waals surface area (Å²) in [6, 6.07) is 19.7. The minimum absolute atomic E-state index is 0.00665. The molecule has 4 heterocycles. The first kappa shape index (κ1) is 90.6. The first-order valence-electron chi connectivity index (χ1n) is 39.7. The quantitative estimate of drug-likeness (QED) is 0.0114. The van der Waals surface area contributed by atoms with Gasteiger partial charge >= 0.3 is 11.9 Å². The zero-order valence-corrected chi connectivity index (χ0v) is 73.6. The van der Waals surface area contributed by atoms with Crippen molar-refractivity contribution in [3.8, 4) is 0 Å². The molecule has 27 nitrogen and oxygen atoms in total. The number of unbranched alkanes of at least 4 members (excludes halogenated alkanes) is 2. The molecule has 626 valence electrons. The van der Waals surface area contributed by atoms with Crippen molar-refractivity contribution in [2.24, 2.45) is 11.7 Å². The van der Waals surface area contributed by atoms with E-state index >= 15 is 0 Å². The lowest BCUT2D eigenvalue weighted by molar-refractivity contribution is -0.462. The second kappa shape index (κ2) is 39.8. The van der Waals surface area contributed by atoms with Crippen LogP contribution in [0.25, 0.3) is 11.1 Å². The molecule has 0 saturated carbocycles. The van der Waals surface area contributed by atoms with E-state index in [1.807, 2.05) is 138 Å². The van der Waals surface area contributed by atoms with E-state index in [0.29, 0.717) is 36.0 Å². The van der Waals surface area contributed by atoms with Gasteiger partial charge in [-0.2, -0.15) is 0 Å². The number of hydrogen-bond acceptors (Lipinski definition) is 16. The third-order valence-electron chi connectivity index (χ3n) is 21.7. The number of fused-ring (bicyclic) bond motifs is 4. The van der Waals surface area contributed by atoms with Crippen molar-refractivity contribution in [2.75, 3.05) is 92.9 Å². The number of rotatable bonds is 38. The third kappa shape index (κ3) is 22.1. The summed E-state index contributed by atoms with van der Waals surface area (Å²) < 4.78 is 4.07. The highest BCUT2D eigenvalue weighted by molar-refractivity contribution is 7.16. The van der Waals surface area contributed by atoms with E-state index in [0.717, 1.165) is 99.7 Å². The second-order valence-corrected chi connectivity index (χ2v) is 43.1. The van der Waals surface area contributed by atoms with Crippen molar-refractivity contribution >= 4 is 154 Å². The molecular weight excluding hydrogens is 1570 g/mol. The van der Waals surface area contributed by atoms with E-state index in [9.17, 15) is 67.7 Å². The normalized spacial score (nSPS) is 15.1. The number of carbonyl (C=O) groups is 12. The number of primary amides is 1. The Kier molecular flexibility index (Phi) is 30.5. The predicted octanol–water partition coefficient (Wildman–Crippen LogP) is 6.50. The Balaban J connectivity index is 0.787. The number of hydrogen-bond donors (Lipinski definition) is 11. The highest BCUT2D eigenvalue weighted by atomic mass is 32.1.